The van der Waals surface area contributed by atoms with Crippen molar-refractivity contribution >= 4 is 23.2 Å². The number of imidazole rings is 1. The van der Waals surface area contributed by atoms with E-state index in [1.807, 2.05) is 51.9 Å². The van der Waals surface area contributed by atoms with Gasteiger partial charge in [-0.2, -0.15) is 0 Å². The van der Waals surface area contributed by atoms with Crippen LogP contribution in [0.2, 0.25) is 5.02 Å². The van der Waals surface area contributed by atoms with E-state index in [9.17, 15) is 4.79 Å². The quantitative estimate of drug-likeness (QED) is 0.557. The Balaban J connectivity index is 1.18. The van der Waals surface area contributed by atoms with Crippen molar-refractivity contribution in [2.24, 2.45) is 0 Å². The van der Waals surface area contributed by atoms with Gasteiger partial charge in [0.2, 0.25) is 5.91 Å². The zero-order chi connectivity index (χ0) is 20.1. The van der Waals surface area contributed by atoms with Gasteiger partial charge in [-0.3, -0.25) is 9.69 Å². The molecule has 6 nitrogen and oxygen atoms in total. The minimum absolute atomic E-state index is 0.195. The Morgan fingerprint density at radius 2 is 1.86 bits per heavy atom. The van der Waals surface area contributed by atoms with Crippen molar-refractivity contribution in [3.63, 3.8) is 0 Å². The highest BCUT2D eigenvalue weighted by atomic mass is 35.5. The number of piperazine rings is 1. The van der Waals surface area contributed by atoms with Gasteiger partial charge in [0.05, 0.1) is 17.3 Å². The van der Waals surface area contributed by atoms with Crippen LogP contribution in [0.4, 0.5) is 0 Å². The molecule has 0 bridgehead atoms. The van der Waals surface area contributed by atoms with Crippen molar-refractivity contribution in [2.75, 3.05) is 32.8 Å². The molecule has 1 aromatic carbocycles. The molecule has 7 heteroatoms. The maximum absolute atomic E-state index is 12.5. The number of nitrogens with zero attached hydrogens (tertiary/aromatic N) is 4. The number of para-hydroxylation sites is 1. The first kappa shape index (κ1) is 19.7. The summed E-state index contributed by atoms with van der Waals surface area (Å²) in [5.41, 5.74) is 2.03. The number of fused-ring (bicyclic) bond motifs is 1. The van der Waals surface area contributed by atoms with Crippen molar-refractivity contribution in [3.05, 3.63) is 65.6 Å². The van der Waals surface area contributed by atoms with Gasteiger partial charge in [-0.25, -0.2) is 4.98 Å². The van der Waals surface area contributed by atoms with E-state index < -0.39 is 0 Å². The number of halogens is 1. The molecule has 1 saturated heterocycles. The molecular formula is C22H25ClN4O2. The van der Waals surface area contributed by atoms with Crippen LogP contribution in [-0.2, 0) is 11.3 Å². The van der Waals surface area contributed by atoms with E-state index in [2.05, 4.69) is 16.1 Å². The number of hydrogen-bond donors (Lipinski definition) is 0. The highest BCUT2D eigenvalue weighted by Gasteiger charge is 2.21. The van der Waals surface area contributed by atoms with Gasteiger partial charge in [0.1, 0.15) is 11.4 Å². The average Bonchev–Trinajstić information content (AvgIpc) is 3.15. The van der Waals surface area contributed by atoms with Crippen LogP contribution in [0.15, 0.2) is 54.9 Å². The van der Waals surface area contributed by atoms with E-state index in [1.165, 1.54) is 0 Å². The number of carbonyl (C=O) groups is 1. The molecule has 3 heterocycles. The third-order valence-corrected chi connectivity index (χ3v) is 5.47. The highest BCUT2D eigenvalue weighted by molar-refractivity contribution is 6.32. The van der Waals surface area contributed by atoms with Gasteiger partial charge in [0.25, 0.3) is 0 Å². The predicted octanol–water partition coefficient (Wildman–Crippen LogP) is 3.49. The Morgan fingerprint density at radius 3 is 2.66 bits per heavy atom. The molecule has 1 aliphatic rings. The average molecular weight is 413 g/mol. The standard InChI is InChI=1S/C22H25ClN4O2/c23-19-6-1-2-7-20(19)29-15-5-9-22(28)26-13-11-25(12-14-26)16-18-17-27-10-4-3-8-21(27)24-18/h1-4,6-8,10,17H,5,9,11-16H2. The summed E-state index contributed by atoms with van der Waals surface area (Å²) in [6.07, 6.45) is 5.27. The predicted molar refractivity (Wildman–Crippen MR) is 113 cm³/mol. The summed E-state index contributed by atoms with van der Waals surface area (Å²) in [7, 11) is 0. The van der Waals surface area contributed by atoms with E-state index >= 15 is 0 Å². The maximum atomic E-state index is 12.5. The van der Waals surface area contributed by atoms with Crippen molar-refractivity contribution in [2.45, 2.75) is 19.4 Å². The summed E-state index contributed by atoms with van der Waals surface area (Å²) in [5, 5.41) is 0.598. The molecule has 0 unspecified atom stereocenters. The molecule has 0 spiro atoms. The number of benzene rings is 1. The molecule has 0 saturated carbocycles. The molecule has 0 radical (unpaired) electrons. The SMILES string of the molecule is O=C(CCCOc1ccccc1Cl)N1CCN(Cc2cn3ccccc3n2)CC1. The third kappa shape index (κ3) is 5.08. The second-order valence-corrected chi connectivity index (χ2v) is 7.64. The number of amides is 1. The van der Waals surface area contributed by atoms with E-state index in [1.54, 1.807) is 6.07 Å². The van der Waals surface area contributed by atoms with Gasteiger partial charge in [-0.15, -0.1) is 0 Å². The van der Waals surface area contributed by atoms with Crippen LogP contribution in [0.3, 0.4) is 0 Å². The summed E-state index contributed by atoms with van der Waals surface area (Å²) >= 11 is 6.07. The molecule has 0 aliphatic carbocycles. The first-order valence-corrected chi connectivity index (χ1v) is 10.4. The zero-order valence-corrected chi connectivity index (χ0v) is 17.1. The fourth-order valence-electron chi connectivity index (χ4n) is 3.57. The van der Waals surface area contributed by atoms with Crippen molar-refractivity contribution in [3.8, 4) is 5.75 Å². The van der Waals surface area contributed by atoms with Crippen molar-refractivity contribution < 1.29 is 9.53 Å². The molecule has 0 N–H and O–H groups in total. The summed E-state index contributed by atoms with van der Waals surface area (Å²) in [6, 6.07) is 13.4. The lowest BCUT2D eigenvalue weighted by Crippen LogP contribution is -2.48. The molecule has 1 amide bonds. The van der Waals surface area contributed by atoms with E-state index in [-0.39, 0.29) is 5.91 Å². The Bertz CT molecular complexity index is 933. The van der Waals surface area contributed by atoms with Crippen LogP contribution in [-0.4, -0.2) is 57.9 Å². The summed E-state index contributed by atoms with van der Waals surface area (Å²) in [4.78, 5) is 21.4. The second-order valence-electron chi connectivity index (χ2n) is 7.24. The highest BCUT2D eigenvalue weighted by Crippen LogP contribution is 2.23. The number of aromatic nitrogens is 2. The third-order valence-electron chi connectivity index (χ3n) is 5.15. The van der Waals surface area contributed by atoms with Crippen LogP contribution in [0.5, 0.6) is 5.75 Å². The number of ether oxygens (including phenoxy) is 1. The summed E-state index contributed by atoms with van der Waals surface area (Å²) < 4.78 is 7.70. The first-order chi connectivity index (χ1) is 14.2. The summed E-state index contributed by atoms with van der Waals surface area (Å²) in [6.45, 7) is 4.57. The normalized spacial score (nSPS) is 15.0. The number of hydrogen-bond acceptors (Lipinski definition) is 4. The number of carbonyl (C=O) groups excluding carboxylic acids is 1. The van der Waals surface area contributed by atoms with Gasteiger partial charge in [0, 0.05) is 51.5 Å². The second kappa shape index (κ2) is 9.29. The van der Waals surface area contributed by atoms with Crippen LogP contribution < -0.4 is 4.74 Å². The topological polar surface area (TPSA) is 50.1 Å². The van der Waals surface area contributed by atoms with Gasteiger partial charge in [-0.05, 0) is 30.7 Å². The molecule has 0 atom stereocenters. The summed E-state index contributed by atoms with van der Waals surface area (Å²) in [5.74, 6) is 0.863. The van der Waals surface area contributed by atoms with Crippen LogP contribution in [0.25, 0.3) is 5.65 Å². The first-order valence-electron chi connectivity index (χ1n) is 9.99. The molecule has 2 aromatic heterocycles. The van der Waals surface area contributed by atoms with Gasteiger partial charge in [0.15, 0.2) is 0 Å². The Kier molecular flexibility index (Phi) is 6.32. The van der Waals surface area contributed by atoms with Gasteiger partial charge in [-0.1, -0.05) is 29.8 Å². The van der Waals surface area contributed by atoms with Crippen molar-refractivity contribution in [1.82, 2.24) is 19.2 Å². The lowest BCUT2D eigenvalue weighted by molar-refractivity contribution is -0.133. The molecule has 3 aromatic rings. The largest absolute Gasteiger partial charge is 0.492 e. The molecule has 1 aliphatic heterocycles. The Hall–Kier alpha value is -2.57. The fourth-order valence-corrected chi connectivity index (χ4v) is 3.76. The lowest BCUT2D eigenvalue weighted by atomic mass is 10.2. The van der Waals surface area contributed by atoms with E-state index in [4.69, 9.17) is 16.3 Å². The van der Waals surface area contributed by atoms with Crippen LogP contribution in [0, 0.1) is 0 Å². The molecule has 29 heavy (non-hydrogen) atoms. The van der Waals surface area contributed by atoms with Gasteiger partial charge < -0.3 is 14.0 Å². The minimum atomic E-state index is 0.195. The zero-order valence-electron chi connectivity index (χ0n) is 16.3. The monoisotopic (exact) mass is 412 g/mol. The molecule has 1 fully saturated rings. The number of rotatable bonds is 7. The Labute approximate surface area is 175 Å². The maximum Gasteiger partial charge on any atom is 0.222 e. The van der Waals surface area contributed by atoms with Crippen LogP contribution >= 0.6 is 11.6 Å². The van der Waals surface area contributed by atoms with Crippen LogP contribution in [0.1, 0.15) is 18.5 Å². The Morgan fingerprint density at radius 1 is 1.07 bits per heavy atom. The van der Waals surface area contributed by atoms with Gasteiger partial charge >= 0.3 is 0 Å². The molecule has 152 valence electrons. The molecule has 4 rings (SSSR count). The molecular weight excluding hydrogens is 388 g/mol. The smallest absolute Gasteiger partial charge is 0.222 e. The van der Waals surface area contributed by atoms with E-state index in [0.29, 0.717) is 30.2 Å². The number of pyridine rings is 1. The fraction of sp³-hybridized carbons (Fsp3) is 0.364. The van der Waals surface area contributed by atoms with E-state index in [0.717, 1.165) is 44.1 Å². The minimum Gasteiger partial charge on any atom is -0.492 e. The lowest BCUT2D eigenvalue weighted by Gasteiger charge is -2.34. The van der Waals surface area contributed by atoms with Crippen molar-refractivity contribution in [1.29, 1.82) is 0 Å².